The van der Waals surface area contributed by atoms with Crippen LogP contribution >= 0.6 is 0 Å². The molecule has 102 valence electrons. The number of hydrogen-bond acceptors (Lipinski definition) is 4. The molecule has 0 bridgehead atoms. The van der Waals surface area contributed by atoms with Gasteiger partial charge >= 0.3 is 0 Å². The maximum Gasteiger partial charge on any atom is 0.287 e. The molecule has 0 unspecified atom stereocenters. The van der Waals surface area contributed by atoms with Crippen LogP contribution in [-0.2, 0) is 0 Å². The predicted octanol–water partition coefficient (Wildman–Crippen LogP) is 1.30. The number of amides is 1. The number of aliphatic hydroxyl groups excluding tert-OH is 2. The number of rotatable bonds is 5. The molecule has 1 aromatic heterocycles. The minimum atomic E-state index is -1.02. The van der Waals surface area contributed by atoms with Gasteiger partial charge in [0.15, 0.2) is 5.76 Å². The minimum absolute atomic E-state index is 0.168. The average molecular weight is 263 g/mol. The summed E-state index contributed by atoms with van der Waals surface area (Å²) in [7, 11) is 0. The van der Waals surface area contributed by atoms with Crippen molar-refractivity contribution in [2.45, 2.75) is 18.9 Å². The van der Waals surface area contributed by atoms with Crippen molar-refractivity contribution >= 4 is 16.9 Å². The molecule has 0 fully saturated rings. The Hall–Kier alpha value is -1.85. The molecule has 0 saturated heterocycles. The van der Waals surface area contributed by atoms with Gasteiger partial charge in [-0.2, -0.15) is 0 Å². The minimum Gasteiger partial charge on any atom is -0.451 e. The van der Waals surface area contributed by atoms with Crippen molar-refractivity contribution < 1.29 is 19.4 Å². The molecular formula is C14H17NO4. The molecule has 0 radical (unpaired) electrons. The second-order valence-electron chi connectivity index (χ2n) is 4.55. The first kappa shape index (κ1) is 13.6. The molecule has 1 heterocycles. The lowest BCUT2D eigenvalue weighted by molar-refractivity contribution is 0.0634. The van der Waals surface area contributed by atoms with Gasteiger partial charge in [-0.15, -0.1) is 0 Å². The van der Waals surface area contributed by atoms with E-state index in [0.29, 0.717) is 12.0 Å². The smallest absolute Gasteiger partial charge is 0.287 e. The van der Waals surface area contributed by atoms with Crippen LogP contribution in [0.3, 0.4) is 0 Å². The van der Waals surface area contributed by atoms with Crippen LogP contribution in [0.4, 0.5) is 0 Å². The highest BCUT2D eigenvalue weighted by Crippen LogP contribution is 2.19. The second kappa shape index (κ2) is 5.42. The summed E-state index contributed by atoms with van der Waals surface area (Å²) in [5.41, 5.74) is -0.390. The van der Waals surface area contributed by atoms with Gasteiger partial charge in [0.25, 0.3) is 5.91 Å². The Morgan fingerprint density at radius 2 is 2.00 bits per heavy atom. The van der Waals surface area contributed by atoms with Gasteiger partial charge in [0.2, 0.25) is 0 Å². The third-order valence-corrected chi connectivity index (χ3v) is 3.31. The van der Waals surface area contributed by atoms with Gasteiger partial charge in [-0.05, 0) is 18.6 Å². The molecule has 0 aliphatic heterocycles. The Kier molecular flexibility index (Phi) is 3.87. The zero-order chi connectivity index (χ0) is 13.9. The molecule has 2 aromatic rings. The standard InChI is InChI=1S/C14H17NO4/c1-2-14(8-16,9-17)15-13(18)12-7-10-5-3-4-6-11(10)19-12/h3-7,16-17H,2,8-9H2,1H3,(H,15,18). The van der Waals surface area contributed by atoms with Crippen molar-refractivity contribution in [3.63, 3.8) is 0 Å². The lowest BCUT2D eigenvalue weighted by Gasteiger charge is -2.29. The Bertz CT molecular complexity index is 530. The zero-order valence-electron chi connectivity index (χ0n) is 10.7. The molecule has 0 spiro atoms. The van der Waals surface area contributed by atoms with Crippen LogP contribution in [0.25, 0.3) is 11.0 Å². The van der Waals surface area contributed by atoms with E-state index in [4.69, 9.17) is 4.42 Å². The van der Waals surface area contributed by atoms with Crippen molar-refractivity contribution in [2.24, 2.45) is 0 Å². The predicted molar refractivity (Wildman–Crippen MR) is 70.9 cm³/mol. The lowest BCUT2D eigenvalue weighted by atomic mass is 9.98. The summed E-state index contributed by atoms with van der Waals surface area (Å²) >= 11 is 0. The summed E-state index contributed by atoms with van der Waals surface area (Å²) in [4.78, 5) is 12.1. The first-order chi connectivity index (χ1) is 9.14. The highest BCUT2D eigenvalue weighted by Gasteiger charge is 2.30. The van der Waals surface area contributed by atoms with E-state index in [1.54, 1.807) is 19.1 Å². The number of fused-ring (bicyclic) bond motifs is 1. The molecule has 1 aromatic carbocycles. The fourth-order valence-corrected chi connectivity index (χ4v) is 1.84. The summed E-state index contributed by atoms with van der Waals surface area (Å²) in [5.74, 6) is -0.276. The van der Waals surface area contributed by atoms with Gasteiger partial charge in [0.05, 0.1) is 18.8 Å². The molecule has 5 heteroatoms. The SMILES string of the molecule is CCC(CO)(CO)NC(=O)c1cc2ccccc2o1. The monoisotopic (exact) mass is 263 g/mol. The van der Waals surface area contributed by atoms with Crippen molar-refractivity contribution in [3.8, 4) is 0 Å². The van der Waals surface area contributed by atoms with E-state index < -0.39 is 11.4 Å². The number of nitrogens with one attached hydrogen (secondary N) is 1. The van der Waals surface area contributed by atoms with E-state index in [-0.39, 0.29) is 19.0 Å². The first-order valence-corrected chi connectivity index (χ1v) is 6.17. The van der Waals surface area contributed by atoms with Crippen molar-refractivity contribution in [3.05, 3.63) is 36.1 Å². The summed E-state index contributed by atoms with van der Waals surface area (Å²) in [6.45, 7) is 1.13. The van der Waals surface area contributed by atoms with E-state index in [1.807, 2.05) is 18.2 Å². The zero-order valence-corrected chi connectivity index (χ0v) is 10.7. The number of para-hydroxylation sites is 1. The van der Waals surface area contributed by atoms with Crippen LogP contribution in [0.5, 0.6) is 0 Å². The third-order valence-electron chi connectivity index (χ3n) is 3.31. The lowest BCUT2D eigenvalue weighted by Crippen LogP contribution is -2.53. The maximum atomic E-state index is 12.1. The summed E-state index contributed by atoms with van der Waals surface area (Å²) < 4.78 is 5.43. The molecule has 3 N–H and O–H groups in total. The van der Waals surface area contributed by atoms with Gasteiger partial charge in [-0.3, -0.25) is 4.79 Å². The first-order valence-electron chi connectivity index (χ1n) is 6.17. The van der Waals surface area contributed by atoms with E-state index in [9.17, 15) is 15.0 Å². The molecule has 19 heavy (non-hydrogen) atoms. The largest absolute Gasteiger partial charge is 0.451 e. The van der Waals surface area contributed by atoms with Crippen LogP contribution in [0.15, 0.2) is 34.7 Å². The van der Waals surface area contributed by atoms with Crippen LogP contribution in [0.1, 0.15) is 23.9 Å². The summed E-state index contributed by atoms with van der Waals surface area (Å²) in [5, 5.41) is 22.1. The summed E-state index contributed by atoms with van der Waals surface area (Å²) in [6.07, 6.45) is 0.423. The van der Waals surface area contributed by atoms with Gasteiger partial charge in [-0.25, -0.2) is 0 Å². The molecular weight excluding hydrogens is 246 g/mol. The van der Waals surface area contributed by atoms with Gasteiger partial charge in [0, 0.05) is 5.39 Å². The quantitative estimate of drug-likeness (QED) is 0.759. The number of benzene rings is 1. The van der Waals surface area contributed by atoms with Gasteiger partial charge in [0.1, 0.15) is 5.58 Å². The van der Waals surface area contributed by atoms with Crippen LogP contribution < -0.4 is 5.32 Å². The highest BCUT2D eigenvalue weighted by atomic mass is 16.3. The number of carbonyl (C=O) groups excluding carboxylic acids is 1. The fraction of sp³-hybridized carbons (Fsp3) is 0.357. The number of aliphatic hydroxyl groups is 2. The molecule has 1 amide bonds. The van der Waals surface area contributed by atoms with Crippen LogP contribution in [0, 0.1) is 0 Å². The molecule has 0 aliphatic carbocycles. The number of hydrogen-bond donors (Lipinski definition) is 3. The van der Waals surface area contributed by atoms with Crippen molar-refractivity contribution in [1.29, 1.82) is 0 Å². The van der Waals surface area contributed by atoms with E-state index in [1.165, 1.54) is 0 Å². The Labute approximate surface area is 110 Å². The maximum absolute atomic E-state index is 12.1. The van der Waals surface area contributed by atoms with Crippen LogP contribution in [-0.4, -0.2) is 34.9 Å². The fourth-order valence-electron chi connectivity index (χ4n) is 1.84. The summed E-state index contributed by atoms with van der Waals surface area (Å²) in [6, 6.07) is 8.94. The van der Waals surface area contributed by atoms with E-state index in [2.05, 4.69) is 5.32 Å². The normalized spacial score (nSPS) is 11.7. The van der Waals surface area contributed by atoms with Crippen molar-refractivity contribution in [2.75, 3.05) is 13.2 Å². The number of carbonyl (C=O) groups is 1. The second-order valence-corrected chi connectivity index (χ2v) is 4.55. The van der Waals surface area contributed by atoms with E-state index >= 15 is 0 Å². The van der Waals surface area contributed by atoms with Crippen molar-refractivity contribution in [1.82, 2.24) is 5.32 Å². The Morgan fingerprint density at radius 1 is 1.32 bits per heavy atom. The van der Waals surface area contributed by atoms with Crippen LogP contribution in [0.2, 0.25) is 0 Å². The van der Waals surface area contributed by atoms with Gasteiger partial charge in [-0.1, -0.05) is 25.1 Å². The van der Waals surface area contributed by atoms with Gasteiger partial charge < -0.3 is 19.9 Å². The average Bonchev–Trinajstić information content (AvgIpc) is 2.89. The molecule has 5 nitrogen and oxygen atoms in total. The Balaban J connectivity index is 2.24. The number of furan rings is 1. The highest BCUT2D eigenvalue weighted by molar-refractivity contribution is 5.96. The molecule has 0 atom stereocenters. The Morgan fingerprint density at radius 3 is 2.58 bits per heavy atom. The molecule has 0 aliphatic rings. The van der Waals surface area contributed by atoms with E-state index in [0.717, 1.165) is 5.39 Å². The topological polar surface area (TPSA) is 82.7 Å². The molecule has 0 saturated carbocycles. The third kappa shape index (κ3) is 2.62. The molecule has 2 rings (SSSR count).